The second-order valence-corrected chi connectivity index (χ2v) is 5.48. The van der Waals surface area contributed by atoms with Gasteiger partial charge < -0.3 is 0 Å². The molecule has 0 fully saturated rings. The van der Waals surface area contributed by atoms with Crippen LogP contribution >= 0.6 is 23.1 Å². The highest BCUT2D eigenvalue weighted by atomic mass is 32.2. The van der Waals surface area contributed by atoms with Crippen LogP contribution in [0.5, 0.6) is 0 Å². The number of anilines is 1. The molecule has 1 heterocycles. The maximum absolute atomic E-state index is 11.9. The van der Waals surface area contributed by atoms with E-state index in [-0.39, 0.29) is 5.91 Å². The summed E-state index contributed by atoms with van der Waals surface area (Å²) < 4.78 is 0. The summed E-state index contributed by atoms with van der Waals surface area (Å²) in [7, 11) is 0. The quantitative estimate of drug-likeness (QED) is 0.874. The number of carbonyl (C=O) groups excluding carboxylic acids is 1. The fourth-order valence-corrected chi connectivity index (χ4v) is 2.44. The second kappa shape index (κ2) is 5.97. The normalized spacial score (nSPS) is 10.3. The van der Waals surface area contributed by atoms with Crippen molar-refractivity contribution >= 4 is 34.1 Å². The number of hydrogen-bond acceptors (Lipinski definition) is 5. The third-order valence-corrected chi connectivity index (χ3v) is 4.07. The van der Waals surface area contributed by atoms with Crippen molar-refractivity contribution < 1.29 is 4.79 Å². The van der Waals surface area contributed by atoms with Gasteiger partial charge in [-0.3, -0.25) is 10.1 Å². The first kappa shape index (κ1) is 13.0. The number of hydrogen-bond donors (Lipinski definition) is 1. The first-order valence-electron chi connectivity index (χ1n) is 5.50. The van der Waals surface area contributed by atoms with Gasteiger partial charge in [-0.25, -0.2) is 0 Å². The molecule has 0 saturated heterocycles. The molecule has 0 unspecified atom stereocenters. The van der Waals surface area contributed by atoms with E-state index in [1.165, 1.54) is 11.3 Å². The molecule has 6 heteroatoms. The summed E-state index contributed by atoms with van der Waals surface area (Å²) in [4.78, 5) is 13.1. The summed E-state index contributed by atoms with van der Waals surface area (Å²) in [6.45, 7) is 2.01. The lowest BCUT2D eigenvalue weighted by Gasteiger charge is -2.01. The number of thioether (sulfide) groups is 1. The number of benzene rings is 1. The van der Waals surface area contributed by atoms with Crippen LogP contribution in [0.2, 0.25) is 0 Å². The average molecular weight is 279 g/mol. The molecule has 0 bridgehead atoms. The summed E-state index contributed by atoms with van der Waals surface area (Å²) in [5, 5.41) is 12.1. The van der Waals surface area contributed by atoms with Crippen LogP contribution < -0.4 is 5.32 Å². The van der Waals surface area contributed by atoms with E-state index in [1.54, 1.807) is 11.8 Å². The Bertz CT molecular complexity index is 537. The summed E-state index contributed by atoms with van der Waals surface area (Å²) in [6.07, 6.45) is 2.83. The average Bonchev–Trinajstić information content (AvgIpc) is 2.86. The van der Waals surface area contributed by atoms with Gasteiger partial charge in [0.1, 0.15) is 5.01 Å². The molecule has 1 aromatic carbocycles. The van der Waals surface area contributed by atoms with Gasteiger partial charge in [-0.2, -0.15) is 0 Å². The molecule has 18 heavy (non-hydrogen) atoms. The molecule has 0 saturated carbocycles. The van der Waals surface area contributed by atoms with Crippen LogP contribution in [0, 0.1) is 0 Å². The largest absolute Gasteiger partial charge is 0.296 e. The van der Waals surface area contributed by atoms with Crippen LogP contribution in [0.15, 0.2) is 29.2 Å². The predicted octanol–water partition coefficient (Wildman–Crippen LogP) is 3.07. The van der Waals surface area contributed by atoms with Gasteiger partial charge in [0, 0.05) is 10.5 Å². The van der Waals surface area contributed by atoms with Crippen molar-refractivity contribution in [3.05, 3.63) is 34.8 Å². The van der Waals surface area contributed by atoms with E-state index in [1.807, 2.05) is 37.4 Å². The molecule has 0 aliphatic rings. The molecule has 94 valence electrons. The van der Waals surface area contributed by atoms with Crippen LogP contribution in [0.3, 0.4) is 0 Å². The molecular formula is C12H13N3OS2. The molecule has 1 N–H and O–H groups in total. The first-order valence-corrected chi connectivity index (χ1v) is 7.55. The minimum absolute atomic E-state index is 0.151. The van der Waals surface area contributed by atoms with Gasteiger partial charge in [0.2, 0.25) is 5.13 Å². The molecule has 1 aromatic heterocycles. The standard InChI is InChI=1S/C12H13N3OS2/c1-3-10-14-15-12(18-10)13-11(16)8-4-6-9(17-2)7-5-8/h4-7H,3H2,1-2H3,(H,13,15,16). The molecule has 0 aliphatic heterocycles. The zero-order chi connectivity index (χ0) is 13.0. The Balaban J connectivity index is 2.06. The second-order valence-electron chi connectivity index (χ2n) is 3.54. The third kappa shape index (κ3) is 3.08. The van der Waals surface area contributed by atoms with Crippen molar-refractivity contribution in [1.29, 1.82) is 0 Å². The van der Waals surface area contributed by atoms with E-state index >= 15 is 0 Å². The zero-order valence-electron chi connectivity index (χ0n) is 10.1. The van der Waals surface area contributed by atoms with Gasteiger partial charge in [0.15, 0.2) is 0 Å². The molecular weight excluding hydrogens is 266 g/mol. The van der Waals surface area contributed by atoms with Crippen LogP contribution in [0.1, 0.15) is 22.3 Å². The predicted molar refractivity (Wildman–Crippen MR) is 75.5 cm³/mol. The molecule has 0 atom stereocenters. The maximum Gasteiger partial charge on any atom is 0.257 e. The highest BCUT2D eigenvalue weighted by molar-refractivity contribution is 7.98. The van der Waals surface area contributed by atoms with E-state index in [0.717, 1.165) is 16.3 Å². The summed E-state index contributed by atoms with van der Waals surface area (Å²) in [6, 6.07) is 7.47. The van der Waals surface area contributed by atoms with Gasteiger partial charge >= 0.3 is 0 Å². The summed E-state index contributed by atoms with van der Waals surface area (Å²) >= 11 is 3.05. The SMILES string of the molecule is CCc1nnc(NC(=O)c2ccc(SC)cc2)s1. The first-order chi connectivity index (χ1) is 8.72. The van der Waals surface area contributed by atoms with Crippen molar-refractivity contribution in [3.8, 4) is 0 Å². The van der Waals surface area contributed by atoms with Crippen LogP contribution in [-0.2, 0) is 6.42 Å². The number of carbonyl (C=O) groups is 1. The maximum atomic E-state index is 11.9. The smallest absolute Gasteiger partial charge is 0.257 e. The number of aromatic nitrogens is 2. The van der Waals surface area contributed by atoms with E-state index in [9.17, 15) is 4.79 Å². The number of nitrogens with one attached hydrogen (secondary N) is 1. The molecule has 0 aliphatic carbocycles. The Morgan fingerprint density at radius 3 is 2.61 bits per heavy atom. The Kier molecular flexibility index (Phi) is 4.33. The van der Waals surface area contributed by atoms with E-state index < -0.39 is 0 Å². The lowest BCUT2D eigenvalue weighted by molar-refractivity contribution is 0.102. The fourth-order valence-electron chi connectivity index (χ4n) is 1.36. The van der Waals surface area contributed by atoms with Gasteiger partial charge in [-0.15, -0.1) is 22.0 Å². The molecule has 1 amide bonds. The van der Waals surface area contributed by atoms with Crippen LogP contribution in [0.25, 0.3) is 0 Å². The fraction of sp³-hybridized carbons (Fsp3) is 0.250. The summed E-state index contributed by atoms with van der Waals surface area (Å²) in [5.41, 5.74) is 0.626. The number of aryl methyl sites for hydroxylation is 1. The Morgan fingerprint density at radius 1 is 1.33 bits per heavy atom. The van der Waals surface area contributed by atoms with Crippen molar-refractivity contribution in [2.24, 2.45) is 0 Å². The summed E-state index contributed by atoms with van der Waals surface area (Å²) in [5.74, 6) is -0.151. The Hall–Kier alpha value is -1.40. The molecule has 4 nitrogen and oxygen atoms in total. The number of amides is 1. The molecule has 2 aromatic rings. The van der Waals surface area contributed by atoms with Gasteiger partial charge in [-0.1, -0.05) is 18.3 Å². The number of rotatable bonds is 4. The molecule has 0 spiro atoms. The Morgan fingerprint density at radius 2 is 2.06 bits per heavy atom. The van der Waals surface area contributed by atoms with Crippen molar-refractivity contribution in [2.45, 2.75) is 18.2 Å². The van der Waals surface area contributed by atoms with E-state index in [4.69, 9.17) is 0 Å². The van der Waals surface area contributed by atoms with Gasteiger partial charge in [-0.05, 0) is 36.9 Å². The van der Waals surface area contributed by atoms with Crippen molar-refractivity contribution in [3.63, 3.8) is 0 Å². The minimum atomic E-state index is -0.151. The molecule has 2 rings (SSSR count). The third-order valence-electron chi connectivity index (χ3n) is 2.34. The lowest BCUT2D eigenvalue weighted by Crippen LogP contribution is -2.11. The highest BCUT2D eigenvalue weighted by Gasteiger charge is 2.09. The van der Waals surface area contributed by atoms with Gasteiger partial charge in [0.25, 0.3) is 5.91 Å². The van der Waals surface area contributed by atoms with Crippen molar-refractivity contribution in [1.82, 2.24) is 10.2 Å². The van der Waals surface area contributed by atoms with Crippen LogP contribution in [-0.4, -0.2) is 22.4 Å². The van der Waals surface area contributed by atoms with E-state index in [2.05, 4.69) is 15.5 Å². The highest BCUT2D eigenvalue weighted by Crippen LogP contribution is 2.18. The van der Waals surface area contributed by atoms with Crippen LogP contribution in [0.4, 0.5) is 5.13 Å². The lowest BCUT2D eigenvalue weighted by atomic mass is 10.2. The minimum Gasteiger partial charge on any atom is -0.296 e. The monoisotopic (exact) mass is 279 g/mol. The number of nitrogens with zero attached hydrogens (tertiary/aromatic N) is 2. The van der Waals surface area contributed by atoms with Gasteiger partial charge in [0.05, 0.1) is 0 Å². The van der Waals surface area contributed by atoms with E-state index in [0.29, 0.717) is 10.7 Å². The molecule has 0 radical (unpaired) electrons. The Labute approximate surface area is 114 Å². The zero-order valence-corrected chi connectivity index (χ0v) is 11.8. The van der Waals surface area contributed by atoms with Crippen molar-refractivity contribution in [2.75, 3.05) is 11.6 Å². The topological polar surface area (TPSA) is 54.9 Å².